The zero-order valence-electron chi connectivity index (χ0n) is 13.9. The second kappa shape index (κ2) is 6.31. The number of para-hydroxylation sites is 1. The van der Waals surface area contributed by atoms with Gasteiger partial charge in [0.15, 0.2) is 5.82 Å². The van der Waals surface area contributed by atoms with Crippen molar-refractivity contribution in [3.05, 3.63) is 70.7 Å². The summed E-state index contributed by atoms with van der Waals surface area (Å²) >= 11 is 0. The highest BCUT2D eigenvalue weighted by Gasteiger charge is 2.24. The van der Waals surface area contributed by atoms with Crippen LogP contribution >= 0.6 is 0 Å². The van der Waals surface area contributed by atoms with Crippen LogP contribution in [0.25, 0.3) is 0 Å². The van der Waals surface area contributed by atoms with Crippen LogP contribution in [0.3, 0.4) is 0 Å². The molecular formula is C18H19N3O3. The van der Waals surface area contributed by atoms with Gasteiger partial charge < -0.3 is 4.74 Å². The molecule has 0 atom stereocenters. The number of aromatic nitrogens is 3. The van der Waals surface area contributed by atoms with Gasteiger partial charge in [0, 0.05) is 17.2 Å². The summed E-state index contributed by atoms with van der Waals surface area (Å²) in [7, 11) is 0. The molecule has 0 aliphatic rings. The molecule has 1 aromatic carbocycles. The molecule has 0 spiro atoms. The minimum atomic E-state index is -0.476. The zero-order chi connectivity index (χ0) is 17.2. The number of pyridine rings is 1. The molecule has 24 heavy (non-hydrogen) atoms. The Hall–Kier alpha value is -2.89. The van der Waals surface area contributed by atoms with E-state index < -0.39 is 5.76 Å². The molecule has 0 bridgehead atoms. The van der Waals surface area contributed by atoms with E-state index in [1.54, 1.807) is 18.5 Å². The normalized spacial score (nSPS) is 11.5. The van der Waals surface area contributed by atoms with E-state index in [9.17, 15) is 4.79 Å². The molecule has 0 amide bonds. The van der Waals surface area contributed by atoms with Crippen LogP contribution < -0.4 is 10.5 Å². The highest BCUT2D eigenvalue weighted by atomic mass is 16.5. The van der Waals surface area contributed by atoms with Crippen LogP contribution in [0.1, 0.15) is 32.2 Å². The van der Waals surface area contributed by atoms with Gasteiger partial charge in [0.25, 0.3) is 0 Å². The van der Waals surface area contributed by atoms with Gasteiger partial charge >= 0.3 is 5.76 Å². The smallest absolute Gasteiger partial charge is 0.441 e. The molecule has 0 aliphatic carbocycles. The fraction of sp³-hybridized carbons (Fsp3) is 0.278. The predicted molar refractivity (Wildman–Crippen MR) is 89.3 cm³/mol. The molecule has 0 unspecified atom stereocenters. The van der Waals surface area contributed by atoms with Gasteiger partial charge in [-0.1, -0.05) is 44.1 Å². The van der Waals surface area contributed by atoms with Crippen LogP contribution in [-0.2, 0) is 12.0 Å². The third kappa shape index (κ3) is 3.37. The molecule has 124 valence electrons. The first-order valence-corrected chi connectivity index (χ1v) is 7.68. The molecule has 0 N–H and O–H groups in total. The zero-order valence-corrected chi connectivity index (χ0v) is 13.9. The lowest BCUT2D eigenvalue weighted by Crippen LogP contribution is -2.25. The van der Waals surface area contributed by atoms with E-state index in [0.717, 1.165) is 5.56 Å². The molecule has 2 heterocycles. The number of nitrogens with zero attached hydrogens (tertiary/aromatic N) is 3. The summed E-state index contributed by atoms with van der Waals surface area (Å²) < 4.78 is 12.3. The topological polar surface area (TPSA) is 70.2 Å². The van der Waals surface area contributed by atoms with E-state index in [2.05, 4.69) is 10.1 Å². The number of rotatable bonds is 4. The lowest BCUT2D eigenvalue weighted by Gasteiger charge is -2.18. The minimum absolute atomic E-state index is 0.300. The number of ether oxygens (including phenoxy) is 1. The van der Waals surface area contributed by atoms with Crippen LogP contribution in [0.15, 0.2) is 58.1 Å². The number of benzene rings is 1. The maximum Gasteiger partial charge on any atom is 0.441 e. The van der Waals surface area contributed by atoms with Gasteiger partial charge in [-0.25, -0.2) is 4.79 Å². The summed E-state index contributed by atoms with van der Waals surface area (Å²) in [4.78, 5) is 16.1. The summed E-state index contributed by atoms with van der Waals surface area (Å²) in [6, 6.07) is 11.2. The van der Waals surface area contributed by atoms with Crippen molar-refractivity contribution in [1.82, 2.24) is 14.7 Å². The summed E-state index contributed by atoms with van der Waals surface area (Å²) in [6.07, 6.45) is 3.33. The second-order valence-electron chi connectivity index (χ2n) is 6.51. The van der Waals surface area contributed by atoms with Crippen molar-refractivity contribution in [1.29, 1.82) is 0 Å². The lowest BCUT2D eigenvalue weighted by atomic mass is 9.95. The fourth-order valence-electron chi connectivity index (χ4n) is 2.39. The highest BCUT2D eigenvalue weighted by molar-refractivity contribution is 5.37. The largest absolute Gasteiger partial charge is 0.455 e. The Kier molecular flexibility index (Phi) is 4.20. The first-order chi connectivity index (χ1) is 11.4. The van der Waals surface area contributed by atoms with Crippen LogP contribution in [0.5, 0.6) is 11.5 Å². The van der Waals surface area contributed by atoms with Crippen LogP contribution in [-0.4, -0.2) is 14.7 Å². The Bertz CT molecular complexity index is 876. The first kappa shape index (κ1) is 16.0. The summed E-state index contributed by atoms with van der Waals surface area (Å²) in [5.41, 5.74) is 0.558. The van der Waals surface area contributed by atoms with Gasteiger partial charge in [-0.05, 0) is 18.2 Å². The van der Waals surface area contributed by atoms with Crippen molar-refractivity contribution >= 4 is 0 Å². The molecular weight excluding hydrogens is 306 g/mol. The Balaban J connectivity index is 1.95. The van der Waals surface area contributed by atoms with Gasteiger partial charge in [-0.2, -0.15) is 0 Å². The van der Waals surface area contributed by atoms with Crippen molar-refractivity contribution in [3.63, 3.8) is 0 Å². The average molecular weight is 325 g/mol. The van der Waals surface area contributed by atoms with Crippen molar-refractivity contribution in [2.24, 2.45) is 0 Å². The monoisotopic (exact) mass is 325 g/mol. The van der Waals surface area contributed by atoms with Crippen molar-refractivity contribution in [2.75, 3.05) is 0 Å². The number of hydrogen-bond acceptors (Lipinski definition) is 5. The third-order valence-electron chi connectivity index (χ3n) is 3.52. The first-order valence-electron chi connectivity index (χ1n) is 7.68. The Morgan fingerprint density at radius 1 is 1.17 bits per heavy atom. The fourth-order valence-corrected chi connectivity index (χ4v) is 2.39. The molecule has 0 saturated carbocycles. The molecule has 6 nitrogen and oxygen atoms in total. The third-order valence-corrected chi connectivity index (χ3v) is 3.52. The van der Waals surface area contributed by atoms with Gasteiger partial charge in [0.2, 0.25) is 0 Å². The van der Waals surface area contributed by atoms with Crippen molar-refractivity contribution in [3.8, 4) is 11.5 Å². The van der Waals surface area contributed by atoms with Crippen LogP contribution in [0.2, 0.25) is 0 Å². The van der Waals surface area contributed by atoms with E-state index in [1.165, 1.54) is 4.57 Å². The lowest BCUT2D eigenvalue weighted by molar-refractivity contribution is 0.367. The minimum Gasteiger partial charge on any atom is -0.455 e. The van der Waals surface area contributed by atoms with Gasteiger partial charge in [0.05, 0.1) is 12.7 Å². The summed E-state index contributed by atoms with van der Waals surface area (Å²) in [6.45, 7) is 6.28. The van der Waals surface area contributed by atoms with E-state index in [-0.39, 0.29) is 5.41 Å². The van der Waals surface area contributed by atoms with E-state index in [0.29, 0.717) is 23.9 Å². The Morgan fingerprint density at radius 2 is 1.96 bits per heavy atom. The molecule has 6 heteroatoms. The molecule has 3 rings (SSSR count). The predicted octanol–water partition coefficient (Wildman–Crippen LogP) is 3.37. The van der Waals surface area contributed by atoms with Crippen molar-refractivity contribution < 1.29 is 9.26 Å². The Morgan fingerprint density at radius 3 is 2.67 bits per heavy atom. The molecule has 0 fully saturated rings. The Labute approximate surface area is 139 Å². The number of hydrogen-bond donors (Lipinski definition) is 0. The van der Waals surface area contributed by atoms with Gasteiger partial charge in [-0.15, -0.1) is 0 Å². The van der Waals surface area contributed by atoms with E-state index >= 15 is 0 Å². The molecule has 0 saturated heterocycles. The molecule has 3 aromatic rings. The molecule has 0 radical (unpaired) electrons. The van der Waals surface area contributed by atoms with Crippen LogP contribution in [0, 0.1) is 0 Å². The maximum absolute atomic E-state index is 12.0. The molecule has 0 aliphatic heterocycles. The molecule has 2 aromatic heterocycles. The summed E-state index contributed by atoms with van der Waals surface area (Å²) in [5, 5.41) is 3.92. The van der Waals surface area contributed by atoms with E-state index in [1.807, 2.05) is 51.1 Å². The van der Waals surface area contributed by atoms with Gasteiger partial charge in [-0.3, -0.25) is 14.1 Å². The van der Waals surface area contributed by atoms with Crippen molar-refractivity contribution in [2.45, 2.75) is 32.7 Å². The SMILES string of the molecule is CC(C)(C)c1noc(=O)n1Cc1ccccc1Oc1cccnc1. The second-order valence-corrected chi connectivity index (χ2v) is 6.51. The highest BCUT2D eigenvalue weighted by Crippen LogP contribution is 2.26. The average Bonchev–Trinajstić information content (AvgIpc) is 2.91. The van der Waals surface area contributed by atoms with E-state index in [4.69, 9.17) is 9.26 Å². The quantitative estimate of drug-likeness (QED) is 0.735. The van der Waals surface area contributed by atoms with Crippen LogP contribution in [0.4, 0.5) is 0 Å². The standard InChI is InChI=1S/C18H19N3O3/c1-18(2,3)16-20-24-17(22)21(16)12-13-7-4-5-9-15(13)23-14-8-6-10-19-11-14/h4-11H,12H2,1-3H3. The van der Waals surface area contributed by atoms with Gasteiger partial charge in [0.1, 0.15) is 11.5 Å². The maximum atomic E-state index is 12.0. The summed E-state index contributed by atoms with van der Waals surface area (Å²) in [5.74, 6) is 1.43.